The second kappa shape index (κ2) is 6.76. The summed E-state index contributed by atoms with van der Waals surface area (Å²) in [7, 11) is 1.71. The van der Waals surface area contributed by atoms with Crippen LogP contribution in [0.1, 0.15) is 42.3 Å². The Kier molecular flexibility index (Phi) is 5.02. The zero-order valence-electron chi connectivity index (χ0n) is 13.6. The van der Waals surface area contributed by atoms with Crippen LogP contribution in [0.3, 0.4) is 0 Å². The average Bonchev–Trinajstić information content (AvgIpc) is 2.92. The Hall–Kier alpha value is -1.81. The van der Waals surface area contributed by atoms with Gasteiger partial charge in [-0.3, -0.25) is 4.98 Å². The lowest BCUT2D eigenvalue weighted by molar-refractivity contribution is 0.406. The quantitative estimate of drug-likeness (QED) is 0.886. The highest BCUT2D eigenvalue weighted by molar-refractivity contribution is 5.41. The number of aromatic nitrogens is 2. The van der Waals surface area contributed by atoms with Crippen molar-refractivity contribution in [3.63, 3.8) is 0 Å². The molecule has 4 nitrogen and oxygen atoms in total. The Balaban J connectivity index is 2.19. The molecule has 0 aromatic carbocycles. The van der Waals surface area contributed by atoms with E-state index in [0.717, 1.165) is 35.7 Å². The Morgan fingerprint density at radius 3 is 2.81 bits per heavy atom. The van der Waals surface area contributed by atoms with Gasteiger partial charge in [0, 0.05) is 35.8 Å². The summed E-state index contributed by atoms with van der Waals surface area (Å²) >= 11 is 0. The van der Waals surface area contributed by atoms with Crippen molar-refractivity contribution in [1.82, 2.24) is 14.9 Å². The van der Waals surface area contributed by atoms with E-state index in [4.69, 9.17) is 4.74 Å². The van der Waals surface area contributed by atoms with E-state index in [1.54, 1.807) is 7.11 Å². The summed E-state index contributed by atoms with van der Waals surface area (Å²) in [5.41, 5.74) is 4.55. The van der Waals surface area contributed by atoms with Gasteiger partial charge in [-0.1, -0.05) is 6.92 Å². The van der Waals surface area contributed by atoms with Crippen molar-refractivity contribution in [3.05, 3.63) is 47.0 Å². The Morgan fingerprint density at radius 2 is 2.14 bits per heavy atom. The summed E-state index contributed by atoms with van der Waals surface area (Å²) in [6, 6.07) is 2.53. The number of aryl methyl sites for hydroxylation is 1. The molecule has 4 heteroatoms. The van der Waals surface area contributed by atoms with Crippen molar-refractivity contribution in [2.45, 2.75) is 40.3 Å². The predicted molar refractivity (Wildman–Crippen MR) is 85.9 cm³/mol. The van der Waals surface area contributed by atoms with E-state index in [2.05, 4.69) is 54.1 Å². The van der Waals surface area contributed by atoms with Gasteiger partial charge < -0.3 is 14.6 Å². The fraction of sp³-hybridized carbons (Fsp3) is 0.471. The van der Waals surface area contributed by atoms with Gasteiger partial charge in [-0.2, -0.15) is 0 Å². The molecule has 0 spiro atoms. The second-order valence-electron chi connectivity index (χ2n) is 5.44. The first-order valence-corrected chi connectivity index (χ1v) is 7.45. The monoisotopic (exact) mass is 287 g/mol. The van der Waals surface area contributed by atoms with E-state index < -0.39 is 0 Å². The van der Waals surface area contributed by atoms with Gasteiger partial charge in [-0.05, 0) is 38.9 Å². The van der Waals surface area contributed by atoms with E-state index >= 15 is 0 Å². The minimum Gasteiger partial charge on any atom is -0.496 e. The minimum absolute atomic E-state index is 0.373. The molecular weight excluding hydrogens is 262 g/mol. The fourth-order valence-electron chi connectivity index (χ4n) is 2.64. The van der Waals surface area contributed by atoms with Gasteiger partial charge >= 0.3 is 0 Å². The van der Waals surface area contributed by atoms with Crippen LogP contribution in [0, 0.1) is 13.8 Å². The molecule has 0 aliphatic rings. The fourth-order valence-corrected chi connectivity index (χ4v) is 2.64. The van der Waals surface area contributed by atoms with Crippen molar-refractivity contribution in [1.29, 1.82) is 0 Å². The molecular formula is C17H25N3O. The lowest BCUT2D eigenvalue weighted by atomic mass is 10.1. The van der Waals surface area contributed by atoms with E-state index in [1.807, 2.05) is 13.1 Å². The number of methoxy groups -OCH3 is 1. The first kappa shape index (κ1) is 15.6. The molecule has 0 fully saturated rings. The highest BCUT2D eigenvalue weighted by Gasteiger charge is 2.11. The molecule has 0 saturated heterocycles. The lowest BCUT2D eigenvalue weighted by Crippen LogP contribution is -2.17. The van der Waals surface area contributed by atoms with Crippen molar-refractivity contribution >= 4 is 0 Å². The van der Waals surface area contributed by atoms with Gasteiger partial charge in [0.2, 0.25) is 0 Å². The maximum absolute atomic E-state index is 5.47. The molecule has 0 saturated carbocycles. The van der Waals surface area contributed by atoms with Crippen molar-refractivity contribution in [2.75, 3.05) is 13.7 Å². The van der Waals surface area contributed by atoms with Crippen molar-refractivity contribution < 1.29 is 4.74 Å². The van der Waals surface area contributed by atoms with Gasteiger partial charge in [-0.25, -0.2) is 0 Å². The molecule has 0 amide bonds. The summed E-state index contributed by atoms with van der Waals surface area (Å²) in [6.07, 6.45) is 6.17. The highest BCUT2D eigenvalue weighted by atomic mass is 16.5. The lowest BCUT2D eigenvalue weighted by Gasteiger charge is -2.13. The molecule has 0 radical (unpaired) electrons. The molecule has 1 atom stereocenters. The zero-order valence-corrected chi connectivity index (χ0v) is 13.6. The largest absolute Gasteiger partial charge is 0.496 e. The van der Waals surface area contributed by atoms with E-state index in [0.29, 0.717) is 6.04 Å². The molecule has 21 heavy (non-hydrogen) atoms. The Bertz CT molecular complexity index is 604. The Morgan fingerprint density at radius 1 is 1.38 bits per heavy atom. The summed E-state index contributed by atoms with van der Waals surface area (Å²) in [5.74, 6) is 0.938. The Labute approximate surface area is 127 Å². The van der Waals surface area contributed by atoms with Crippen molar-refractivity contribution in [3.8, 4) is 5.75 Å². The van der Waals surface area contributed by atoms with Crippen LogP contribution in [0.25, 0.3) is 0 Å². The zero-order chi connectivity index (χ0) is 15.4. The number of pyridine rings is 1. The van der Waals surface area contributed by atoms with Crippen LogP contribution in [0.5, 0.6) is 5.75 Å². The SMILES string of the molecule is CCNC(C)c1ccn(Cc2ncc(C)c(OC)c2C)c1. The highest BCUT2D eigenvalue weighted by Crippen LogP contribution is 2.24. The molecule has 1 unspecified atom stereocenters. The van der Waals surface area contributed by atoms with Crippen LogP contribution in [0.2, 0.25) is 0 Å². The van der Waals surface area contributed by atoms with Gasteiger partial charge in [0.25, 0.3) is 0 Å². The normalized spacial score (nSPS) is 12.4. The van der Waals surface area contributed by atoms with Gasteiger partial charge in [0.1, 0.15) is 5.75 Å². The van der Waals surface area contributed by atoms with E-state index in [-0.39, 0.29) is 0 Å². The standard InChI is InChI=1S/C17H25N3O/c1-6-18-14(4)15-7-8-20(10-15)11-16-13(3)17(21-5)12(2)9-19-16/h7-10,14,18H,6,11H2,1-5H3. The summed E-state index contributed by atoms with van der Waals surface area (Å²) in [4.78, 5) is 4.56. The number of nitrogens with zero attached hydrogens (tertiary/aromatic N) is 2. The number of rotatable bonds is 6. The molecule has 0 aliphatic carbocycles. The summed E-state index contributed by atoms with van der Waals surface area (Å²) in [6.45, 7) is 10.1. The number of hydrogen-bond acceptors (Lipinski definition) is 3. The third-order valence-electron chi connectivity index (χ3n) is 3.87. The molecule has 2 aromatic rings. The smallest absolute Gasteiger partial charge is 0.128 e. The van der Waals surface area contributed by atoms with Crippen LogP contribution in [-0.4, -0.2) is 23.2 Å². The second-order valence-corrected chi connectivity index (χ2v) is 5.44. The van der Waals surface area contributed by atoms with Crippen LogP contribution < -0.4 is 10.1 Å². The maximum atomic E-state index is 5.47. The third kappa shape index (κ3) is 3.45. The van der Waals surface area contributed by atoms with Crippen LogP contribution >= 0.6 is 0 Å². The van der Waals surface area contributed by atoms with Gasteiger partial charge in [0.15, 0.2) is 0 Å². The van der Waals surface area contributed by atoms with Gasteiger partial charge in [-0.15, -0.1) is 0 Å². The number of hydrogen-bond donors (Lipinski definition) is 1. The topological polar surface area (TPSA) is 39.1 Å². The van der Waals surface area contributed by atoms with E-state index in [9.17, 15) is 0 Å². The van der Waals surface area contributed by atoms with Gasteiger partial charge in [0.05, 0.1) is 19.3 Å². The van der Waals surface area contributed by atoms with Crippen molar-refractivity contribution in [2.24, 2.45) is 0 Å². The average molecular weight is 287 g/mol. The van der Waals surface area contributed by atoms with Crippen LogP contribution in [0.15, 0.2) is 24.7 Å². The molecule has 2 rings (SSSR count). The van der Waals surface area contributed by atoms with Crippen LogP contribution in [-0.2, 0) is 6.54 Å². The van der Waals surface area contributed by atoms with E-state index in [1.165, 1.54) is 5.56 Å². The first-order chi connectivity index (χ1) is 10.1. The number of ether oxygens (including phenoxy) is 1. The molecule has 2 heterocycles. The maximum Gasteiger partial charge on any atom is 0.128 e. The molecule has 2 aromatic heterocycles. The number of nitrogens with one attached hydrogen (secondary N) is 1. The predicted octanol–water partition coefficient (Wildman–Crippen LogP) is 3.23. The molecule has 114 valence electrons. The minimum atomic E-state index is 0.373. The van der Waals surface area contributed by atoms with Crippen LogP contribution in [0.4, 0.5) is 0 Å². The molecule has 1 N–H and O–H groups in total. The molecule has 0 aliphatic heterocycles. The third-order valence-corrected chi connectivity index (χ3v) is 3.87. The molecule has 0 bridgehead atoms. The first-order valence-electron chi connectivity index (χ1n) is 7.45. The summed E-state index contributed by atoms with van der Waals surface area (Å²) < 4.78 is 7.64. The summed E-state index contributed by atoms with van der Waals surface area (Å²) in [5, 5.41) is 3.43.